The van der Waals surface area contributed by atoms with Crippen molar-refractivity contribution in [2.75, 3.05) is 4.90 Å². The maximum absolute atomic E-state index is 13.3. The number of rotatable bonds is 1. The second kappa shape index (κ2) is 4.78. The van der Waals surface area contributed by atoms with Crippen LogP contribution in [0.5, 0.6) is 0 Å². The summed E-state index contributed by atoms with van der Waals surface area (Å²) in [6, 6.07) is 8.11. The van der Waals surface area contributed by atoms with Gasteiger partial charge in [-0.25, -0.2) is 4.39 Å². The molecule has 0 saturated heterocycles. The molecule has 0 saturated carbocycles. The fraction of sp³-hybridized carbons (Fsp3) is 0.312. The average Bonchev–Trinajstić information content (AvgIpc) is 2.85. The highest BCUT2D eigenvalue weighted by Crippen LogP contribution is 2.32. The van der Waals surface area contributed by atoms with Gasteiger partial charge in [-0.15, -0.1) is 0 Å². The number of aryl methyl sites for hydroxylation is 2. The van der Waals surface area contributed by atoms with Crippen LogP contribution in [0.25, 0.3) is 0 Å². The molecule has 0 fully saturated rings. The van der Waals surface area contributed by atoms with Crippen molar-refractivity contribution in [3.8, 4) is 0 Å². The molecule has 0 spiro atoms. The second-order valence-electron chi connectivity index (χ2n) is 5.25. The Morgan fingerprint density at radius 3 is 2.85 bits per heavy atom. The van der Waals surface area contributed by atoms with E-state index in [0.29, 0.717) is 11.5 Å². The van der Waals surface area contributed by atoms with Crippen molar-refractivity contribution >= 4 is 11.6 Å². The fourth-order valence-electron chi connectivity index (χ4n) is 2.70. The van der Waals surface area contributed by atoms with E-state index in [2.05, 4.69) is 0 Å². The Hall–Kier alpha value is -2.10. The van der Waals surface area contributed by atoms with Gasteiger partial charge >= 0.3 is 0 Å². The molecule has 0 N–H and O–H groups in total. The number of hydrogen-bond acceptors (Lipinski definition) is 2. The van der Waals surface area contributed by atoms with E-state index in [0.717, 1.165) is 24.1 Å². The molecule has 1 amide bonds. The van der Waals surface area contributed by atoms with Gasteiger partial charge in [0.05, 0.1) is 0 Å². The lowest BCUT2D eigenvalue weighted by molar-refractivity contribution is 0.0947. The van der Waals surface area contributed by atoms with Gasteiger partial charge in [0.25, 0.3) is 5.91 Å². The fourth-order valence-corrected chi connectivity index (χ4v) is 2.70. The monoisotopic (exact) mass is 273 g/mol. The zero-order valence-electron chi connectivity index (χ0n) is 11.5. The summed E-state index contributed by atoms with van der Waals surface area (Å²) in [7, 11) is 0. The predicted octanol–water partition coefficient (Wildman–Crippen LogP) is 3.71. The standard InChI is InChI=1S/C16H16FNO2/c1-10-3-5-12-9-13(17)6-7-14(12)18(10)16(19)15-8-4-11(2)20-15/h4,6-10H,3,5H2,1-2H3. The van der Waals surface area contributed by atoms with Crippen molar-refractivity contribution in [1.82, 2.24) is 0 Å². The molecule has 2 heterocycles. The van der Waals surface area contributed by atoms with Gasteiger partial charge in [-0.1, -0.05) is 0 Å². The van der Waals surface area contributed by atoms with Crippen LogP contribution in [0.3, 0.4) is 0 Å². The molecule has 3 nitrogen and oxygen atoms in total. The van der Waals surface area contributed by atoms with Gasteiger partial charge in [0.15, 0.2) is 5.76 Å². The summed E-state index contributed by atoms with van der Waals surface area (Å²) in [5, 5.41) is 0. The van der Waals surface area contributed by atoms with Crippen LogP contribution in [0.4, 0.5) is 10.1 Å². The van der Waals surface area contributed by atoms with Gasteiger partial charge in [0.1, 0.15) is 11.6 Å². The summed E-state index contributed by atoms with van der Waals surface area (Å²) in [6.07, 6.45) is 1.61. The van der Waals surface area contributed by atoms with Gasteiger partial charge in [-0.2, -0.15) is 0 Å². The third-order valence-electron chi connectivity index (χ3n) is 3.74. The van der Waals surface area contributed by atoms with Crippen molar-refractivity contribution in [3.63, 3.8) is 0 Å². The molecule has 1 aromatic carbocycles. The summed E-state index contributed by atoms with van der Waals surface area (Å²) in [4.78, 5) is 14.3. The zero-order valence-corrected chi connectivity index (χ0v) is 11.5. The van der Waals surface area contributed by atoms with E-state index in [1.807, 2.05) is 6.92 Å². The molecule has 1 aromatic heterocycles. The molecule has 2 aromatic rings. The Morgan fingerprint density at radius 2 is 2.15 bits per heavy atom. The highest BCUT2D eigenvalue weighted by atomic mass is 19.1. The smallest absolute Gasteiger partial charge is 0.294 e. The van der Waals surface area contributed by atoms with Gasteiger partial charge in [-0.3, -0.25) is 4.79 Å². The zero-order chi connectivity index (χ0) is 14.3. The molecule has 104 valence electrons. The summed E-state index contributed by atoms with van der Waals surface area (Å²) in [5.41, 5.74) is 1.66. The number of fused-ring (bicyclic) bond motifs is 1. The SMILES string of the molecule is Cc1ccc(C(=O)N2c3ccc(F)cc3CCC2C)o1. The summed E-state index contributed by atoms with van der Waals surface area (Å²) in [6.45, 7) is 3.81. The highest BCUT2D eigenvalue weighted by Gasteiger charge is 2.30. The van der Waals surface area contributed by atoms with Gasteiger partial charge in [0.2, 0.25) is 0 Å². The number of carbonyl (C=O) groups is 1. The lowest BCUT2D eigenvalue weighted by Gasteiger charge is -2.34. The summed E-state index contributed by atoms with van der Waals surface area (Å²) < 4.78 is 18.7. The first-order valence-electron chi connectivity index (χ1n) is 6.74. The largest absolute Gasteiger partial charge is 0.456 e. The van der Waals surface area contributed by atoms with E-state index in [1.54, 1.807) is 30.0 Å². The van der Waals surface area contributed by atoms with Crippen molar-refractivity contribution in [2.24, 2.45) is 0 Å². The van der Waals surface area contributed by atoms with Gasteiger partial charge < -0.3 is 9.32 Å². The predicted molar refractivity (Wildman–Crippen MR) is 74.4 cm³/mol. The molecule has 1 aliphatic heterocycles. The molecular formula is C16H16FNO2. The number of carbonyl (C=O) groups excluding carboxylic acids is 1. The van der Waals surface area contributed by atoms with Crippen LogP contribution in [0.1, 0.15) is 35.2 Å². The Kier molecular flexibility index (Phi) is 3.08. The molecule has 1 aliphatic rings. The Bertz CT molecular complexity index is 662. The normalized spacial score (nSPS) is 17.9. The number of anilines is 1. The molecule has 0 bridgehead atoms. The van der Waals surface area contributed by atoms with E-state index < -0.39 is 0 Å². The minimum absolute atomic E-state index is 0.0749. The topological polar surface area (TPSA) is 33.5 Å². The number of furan rings is 1. The van der Waals surface area contributed by atoms with Crippen LogP contribution in [0, 0.1) is 12.7 Å². The second-order valence-corrected chi connectivity index (χ2v) is 5.25. The van der Waals surface area contributed by atoms with Gasteiger partial charge in [-0.05, 0) is 62.6 Å². The maximum atomic E-state index is 13.3. The highest BCUT2D eigenvalue weighted by molar-refractivity contribution is 6.05. The minimum Gasteiger partial charge on any atom is -0.456 e. The third kappa shape index (κ3) is 2.11. The van der Waals surface area contributed by atoms with Crippen LogP contribution in [-0.2, 0) is 6.42 Å². The molecule has 20 heavy (non-hydrogen) atoms. The molecular weight excluding hydrogens is 257 g/mol. The first-order chi connectivity index (χ1) is 9.56. The van der Waals surface area contributed by atoms with E-state index in [4.69, 9.17) is 4.42 Å². The number of nitrogens with zero attached hydrogens (tertiary/aromatic N) is 1. The van der Waals surface area contributed by atoms with Crippen molar-refractivity contribution in [3.05, 3.63) is 53.2 Å². The summed E-state index contributed by atoms with van der Waals surface area (Å²) >= 11 is 0. The molecule has 1 unspecified atom stereocenters. The van der Waals surface area contributed by atoms with E-state index in [1.165, 1.54) is 12.1 Å². The van der Waals surface area contributed by atoms with Crippen molar-refractivity contribution < 1.29 is 13.6 Å². The van der Waals surface area contributed by atoms with E-state index >= 15 is 0 Å². The molecule has 0 radical (unpaired) electrons. The Labute approximate surface area is 117 Å². The molecule has 1 atom stereocenters. The van der Waals surface area contributed by atoms with Crippen LogP contribution >= 0.6 is 0 Å². The van der Waals surface area contributed by atoms with Crippen molar-refractivity contribution in [2.45, 2.75) is 32.7 Å². The number of halogens is 1. The van der Waals surface area contributed by atoms with Crippen molar-refractivity contribution in [1.29, 1.82) is 0 Å². The summed E-state index contributed by atoms with van der Waals surface area (Å²) in [5.74, 6) is 0.599. The maximum Gasteiger partial charge on any atom is 0.294 e. The third-order valence-corrected chi connectivity index (χ3v) is 3.74. The molecule has 4 heteroatoms. The van der Waals surface area contributed by atoms with Crippen LogP contribution in [0.2, 0.25) is 0 Å². The number of hydrogen-bond donors (Lipinski definition) is 0. The molecule has 0 aliphatic carbocycles. The Balaban J connectivity index is 2.02. The number of benzene rings is 1. The lowest BCUT2D eigenvalue weighted by atomic mass is 9.96. The lowest BCUT2D eigenvalue weighted by Crippen LogP contribution is -2.42. The van der Waals surface area contributed by atoms with E-state index in [-0.39, 0.29) is 17.8 Å². The van der Waals surface area contributed by atoms with E-state index in [9.17, 15) is 9.18 Å². The first-order valence-corrected chi connectivity index (χ1v) is 6.74. The van der Waals surface area contributed by atoms with Crippen LogP contribution < -0.4 is 4.90 Å². The molecule has 3 rings (SSSR count). The average molecular weight is 273 g/mol. The minimum atomic E-state index is -0.264. The van der Waals surface area contributed by atoms with Crippen LogP contribution in [0.15, 0.2) is 34.7 Å². The quantitative estimate of drug-likeness (QED) is 0.793. The first kappa shape index (κ1) is 12.9. The Morgan fingerprint density at radius 1 is 1.35 bits per heavy atom. The van der Waals surface area contributed by atoms with Gasteiger partial charge in [0, 0.05) is 11.7 Å². The van der Waals surface area contributed by atoms with Crippen LogP contribution in [-0.4, -0.2) is 11.9 Å². The number of amides is 1.